The number of aliphatic hydroxyl groups is 6. The highest BCUT2D eigenvalue weighted by atomic mass is 16.5. The minimum atomic E-state index is -2.27. The molecule has 7 rings (SSSR count). The number of aliphatic hydroxyl groups excluding tert-OH is 6. The molecule has 24 nitrogen and oxygen atoms in total. The number of nitrogens with zero attached hydrogens (tertiary/aromatic N) is 3. The van der Waals surface area contributed by atoms with E-state index >= 15 is 4.79 Å². The molecule has 3 aliphatic heterocycles. The van der Waals surface area contributed by atoms with E-state index in [1.165, 1.54) is 37.3 Å². The number of aldehydes is 1. The van der Waals surface area contributed by atoms with Crippen molar-refractivity contribution < 1.29 is 88.0 Å². The normalized spacial score (nSPS) is 26.0. The lowest BCUT2D eigenvalue weighted by Gasteiger charge is -2.34. The maximum absolute atomic E-state index is 15.2. The van der Waals surface area contributed by atoms with Gasteiger partial charge in [-0.15, -0.1) is 0 Å². The summed E-state index contributed by atoms with van der Waals surface area (Å²) in [5.74, 6) is -6.70. The van der Waals surface area contributed by atoms with Gasteiger partial charge in [-0.25, -0.2) is 0 Å². The molecule has 0 radical (unpaired) electrons. The third kappa shape index (κ3) is 17.2. The number of phenolic OH excluding ortho intramolecular Hbond substituents is 1. The lowest BCUT2D eigenvalue weighted by Crippen LogP contribution is -2.64. The van der Waals surface area contributed by atoms with Gasteiger partial charge in [0.25, 0.3) is 0 Å². The van der Waals surface area contributed by atoms with Crippen LogP contribution in [0, 0.1) is 5.92 Å². The fourth-order valence-electron chi connectivity index (χ4n) is 10.8. The minimum absolute atomic E-state index is 0.00172. The van der Waals surface area contributed by atoms with Gasteiger partial charge in [0.2, 0.25) is 35.4 Å². The van der Waals surface area contributed by atoms with E-state index in [0.717, 1.165) is 58.4 Å². The topological polar surface area (TPSA) is 343 Å². The lowest BCUT2D eigenvalue weighted by molar-refractivity contribution is -0.870. The Morgan fingerprint density at radius 2 is 1.31 bits per heavy atom. The fourth-order valence-corrected chi connectivity index (χ4v) is 10.8. The number of unbranched alkanes of at least 4 members (excludes halogenated alkanes) is 2. The molecule has 6 amide bonds. The van der Waals surface area contributed by atoms with Gasteiger partial charge in [-0.05, 0) is 90.9 Å². The Hall–Kier alpha value is -7.55. The summed E-state index contributed by atoms with van der Waals surface area (Å²) in [4.78, 5) is 102. The van der Waals surface area contributed by atoms with E-state index in [0.29, 0.717) is 29.5 Å². The van der Waals surface area contributed by atoms with Crippen LogP contribution in [-0.2, 0) is 33.5 Å². The number of rotatable bonds is 19. The molecule has 0 spiro atoms. The molecule has 24 heteroatoms. The van der Waals surface area contributed by atoms with Crippen LogP contribution in [0.25, 0.3) is 22.3 Å². The second-order valence-electron chi connectivity index (χ2n) is 23.9. The molecule has 87 heavy (non-hydrogen) atoms. The van der Waals surface area contributed by atoms with Crippen LogP contribution in [0.1, 0.15) is 88.2 Å². The number of aromatic hydroxyl groups is 1. The molecule has 3 aliphatic rings. The van der Waals surface area contributed by atoms with E-state index < -0.39 is 146 Å². The van der Waals surface area contributed by atoms with E-state index in [1.807, 2.05) is 69.7 Å². The molecule has 0 aromatic heterocycles. The number of nitrogens with one attached hydrogen (secondary N) is 4. The van der Waals surface area contributed by atoms with Crippen LogP contribution < -0.4 is 30.7 Å². The van der Waals surface area contributed by atoms with Crippen molar-refractivity contribution in [3.63, 3.8) is 0 Å². The highest BCUT2D eigenvalue weighted by Gasteiger charge is 2.50. The molecule has 3 fully saturated rings. The SMILES string of the molecule is CCCCCOc1ccc(-c2ccc(-c3ccc(C=O)c(O[C@H](C)[C@@H]4NC(=O)CC[C@@H](O)[C@@H](OCC[N+](C)(C)C)NC(=O)[C@@H]5[C@@H](O)[C@@H](C)CN5C(=O)[C@H]([C@@H](C)O)NC(=O)[C@H]([C@H](O)[C@@H](O)c5ccc(O)cc5)NC(=O)[C@@H]5C[C@@H](O)CN5C4=O)c3)cc2)cc1. The zero-order valence-electron chi connectivity index (χ0n) is 50.2. The van der Waals surface area contributed by atoms with Crippen molar-refractivity contribution in [3.05, 3.63) is 102 Å². The Morgan fingerprint density at radius 1 is 0.701 bits per heavy atom. The van der Waals surface area contributed by atoms with Gasteiger partial charge in [0.15, 0.2) is 12.5 Å². The van der Waals surface area contributed by atoms with Gasteiger partial charge in [0.1, 0.15) is 72.3 Å². The first-order valence-electron chi connectivity index (χ1n) is 29.5. The average molecular weight is 1210 g/mol. The number of quaternary nitrogens is 1. The van der Waals surface area contributed by atoms with Crippen LogP contribution >= 0.6 is 0 Å². The minimum Gasteiger partial charge on any atom is -0.508 e. The van der Waals surface area contributed by atoms with Crippen LogP contribution in [0.2, 0.25) is 0 Å². The lowest BCUT2D eigenvalue weighted by atomic mass is 9.96. The summed E-state index contributed by atoms with van der Waals surface area (Å²) < 4.78 is 18.8. The Bertz CT molecular complexity index is 3020. The maximum Gasteiger partial charge on any atom is 0.249 e. The molecule has 3 heterocycles. The van der Waals surface area contributed by atoms with Gasteiger partial charge >= 0.3 is 0 Å². The van der Waals surface area contributed by atoms with Gasteiger partial charge in [-0.1, -0.05) is 81.3 Å². The highest BCUT2D eigenvalue weighted by Crippen LogP contribution is 2.33. The Labute approximate surface area is 506 Å². The van der Waals surface area contributed by atoms with Crippen LogP contribution in [0.5, 0.6) is 17.2 Å². The summed E-state index contributed by atoms with van der Waals surface area (Å²) in [5.41, 5.74) is 3.23. The Morgan fingerprint density at radius 3 is 1.93 bits per heavy atom. The maximum atomic E-state index is 15.2. The Balaban J connectivity index is 1.24. The molecule has 0 aliphatic carbocycles. The smallest absolute Gasteiger partial charge is 0.249 e. The molecule has 4 aromatic carbocycles. The second kappa shape index (κ2) is 29.9. The number of hydrogen-bond donors (Lipinski definition) is 11. The largest absolute Gasteiger partial charge is 0.508 e. The summed E-state index contributed by atoms with van der Waals surface area (Å²) in [6, 6.07) is 15.8. The molecule has 3 saturated heterocycles. The molecule has 472 valence electrons. The molecular weight excluding hydrogens is 1130 g/mol. The molecule has 0 saturated carbocycles. The third-order valence-electron chi connectivity index (χ3n) is 16.0. The van der Waals surface area contributed by atoms with Crippen molar-refractivity contribution in [1.29, 1.82) is 0 Å². The first kappa shape index (κ1) is 67.0. The van der Waals surface area contributed by atoms with E-state index in [2.05, 4.69) is 28.2 Å². The fraction of sp³-hybridized carbons (Fsp3) is 0.508. The van der Waals surface area contributed by atoms with Crippen molar-refractivity contribution in [3.8, 4) is 39.5 Å². The number of hydrogen-bond acceptors (Lipinski definition) is 17. The summed E-state index contributed by atoms with van der Waals surface area (Å²) in [7, 11) is 5.62. The molecule has 0 unspecified atom stereocenters. The first-order valence-corrected chi connectivity index (χ1v) is 29.5. The third-order valence-corrected chi connectivity index (χ3v) is 16.0. The Kier molecular flexibility index (Phi) is 23.0. The van der Waals surface area contributed by atoms with Crippen LogP contribution in [0.3, 0.4) is 0 Å². The molecule has 14 atom stereocenters. The number of carbonyl (C=O) groups is 7. The van der Waals surface area contributed by atoms with Gasteiger partial charge < -0.3 is 85.5 Å². The molecular formula is C63H84N7O17+. The molecule has 4 aromatic rings. The first-order chi connectivity index (χ1) is 41.3. The van der Waals surface area contributed by atoms with Crippen LogP contribution in [-0.4, -0.2) is 219 Å². The zero-order valence-corrected chi connectivity index (χ0v) is 50.2. The quantitative estimate of drug-likeness (QED) is 0.0358. The number of fused-ring (bicyclic) bond motifs is 2. The van der Waals surface area contributed by atoms with Crippen LogP contribution in [0.15, 0.2) is 91.0 Å². The predicted molar refractivity (Wildman–Crippen MR) is 317 cm³/mol. The standard InChI is InChI=1S/C63H83N7O17/c1-8-9-10-28-85-46-23-19-39(20-24-46)38-11-13-40(14-12-38)42-15-16-43(34-71)49(30-42)87-37(4)52-63(84)68-33-45(74)31-47(68)58(80)66-53(57(79)56(78)41-17-21-44(73)22-18-41)59(81)65-51(36(3)72)62(83)69-32-35(2)55(77)54(69)60(82)67-61(86-29-27-70(5,6)7)48(75)25-26-50(76)64-52/h11-24,30,34-37,45,47-48,51-57,61,72,74-75,77-79H,8-10,25-29,31-33H2,1-7H3,(H4-,64,65,66,67,73,76,80,81,82)/p+1/t35-,36+,37+,45+,47-,48+,51-,52-,53-,54-,55-,56-,57-,61+/m0/s1. The molecule has 0 bridgehead atoms. The summed E-state index contributed by atoms with van der Waals surface area (Å²) >= 11 is 0. The van der Waals surface area contributed by atoms with Crippen molar-refractivity contribution in [2.45, 2.75) is 145 Å². The monoisotopic (exact) mass is 1210 g/mol. The van der Waals surface area contributed by atoms with Crippen molar-refractivity contribution in [1.82, 2.24) is 31.1 Å². The van der Waals surface area contributed by atoms with Gasteiger partial charge in [0, 0.05) is 31.8 Å². The zero-order chi connectivity index (χ0) is 63.4. The number of ether oxygens (including phenoxy) is 3. The van der Waals surface area contributed by atoms with Crippen molar-refractivity contribution in [2.24, 2.45) is 5.92 Å². The summed E-state index contributed by atoms with van der Waals surface area (Å²) in [5, 5.41) is 88.9. The van der Waals surface area contributed by atoms with E-state index in [9.17, 15) is 64.5 Å². The number of likely N-dealkylation sites (N-methyl/N-ethyl adjacent to an activating group) is 1. The second-order valence-corrected chi connectivity index (χ2v) is 23.9. The van der Waals surface area contributed by atoms with Crippen LogP contribution in [0.4, 0.5) is 0 Å². The molecule has 11 N–H and O–H groups in total. The number of phenols is 1. The predicted octanol–water partition coefficient (Wildman–Crippen LogP) is 1.29. The number of amides is 6. The summed E-state index contributed by atoms with van der Waals surface area (Å²) in [6.45, 7) is 6.39. The van der Waals surface area contributed by atoms with Crippen molar-refractivity contribution in [2.75, 3.05) is 54.0 Å². The van der Waals surface area contributed by atoms with Gasteiger partial charge in [-0.3, -0.25) is 33.6 Å². The van der Waals surface area contributed by atoms with Gasteiger partial charge in [0.05, 0.1) is 64.3 Å². The highest BCUT2D eigenvalue weighted by molar-refractivity contribution is 5.98. The van der Waals surface area contributed by atoms with Crippen molar-refractivity contribution >= 4 is 41.7 Å². The number of benzene rings is 4. The number of carbonyl (C=O) groups excluding carboxylic acids is 7. The van der Waals surface area contributed by atoms with Gasteiger partial charge in [-0.2, -0.15) is 0 Å². The summed E-state index contributed by atoms with van der Waals surface area (Å²) in [6.07, 6.45) is -11.3. The van der Waals surface area contributed by atoms with E-state index in [-0.39, 0.29) is 35.8 Å². The van der Waals surface area contributed by atoms with E-state index in [4.69, 9.17) is 14.2 Å². The average Bonchev–Trinajstić information content (AvgIpc) is 1.84. The van der Waals surface area contributed by atoms with E-state index in [1.54, 1.807) is 19.1 Å².